The van der Waals surface area contributed by atoms with Gasteiger partial charge in [0.2, 0.25) is 5.91 Å². The lowest BCUT2D eigenvalue weighted by atomic mass is 10.1. The highest BCUT2D eigenvalue weighted by Gasteiger charge is 2.23. The topological polar surface area (TPSA) is 114 Å². The molecular formula is C26H30N6O3. The third-order valence-electron chi connectivity index (χ3n) is 5.92. The first-order valence-electron chi connectivity index (χ1n) is 11.9. The van der Waals surface area contributed by atoms with Crippen molar-refractivity contribution in [2.45, 2.75) is 52.4 Å². The van der Waals surface area contributed by atoms with Gasteiger partial charge in [-0.15, -0.1) is 0 Å². The third-order valence-corrected chi connectivity index (χ3v) is 5.92. The fraction of sp³-hybridized carbons (Fsp3) is 0.308. The Kier molecular flexibility index (Phi) is 7.57. The van der Waals surface area contributed by atoms with E-state index in [0.29, 0.717) is 35.8 Å². The minimum Gasteiger partial charge on any atom is -0.324 e. The Morgan fingerprint density at radius 3 is 2.34 bits per heavy atom. The number of carbonyl (C=O) groups excluding carboxylic acids is 1. The van der Waals surface area contributed by atoms with Crippen molar-refractivity contribution >= 4 is 22.8 Å². The number of amides is 1. The maximum absolute atomic E-state index is 13.2. The standard InChI is InChI=1S/C26H30N6O3/c1-3-5-16-32-23-22(25(34)30-26(32)35)31(4-2)20(29-23)17-27-21(18-12-8-6-9-13-18)24(33)28-19-14-10-7-11-15-19/h6-15,21,27H,3-5,16-17H2,1-2H3,(H,28,33)(H,30,34,35). The van der Waals surface area contributed by atoms with Gasteiger partial charge in [-0.2, -0.15) is 0 Å². The molecule has 182 valence electrons. The number of H-pyrrole nitrogens is 1. The van der Waals surface area contributed by atoms with Crippen LogP contribution in [-0.4, -0.2) is 25.0 Å². The summed E-state index contributed by atoms with van der Waals surface area (Å²) in [6.45, 7) is 5.16. The fourth-order valence-electron chi connectivity index (χ4n) is 4.15. The van der Waals surface area contributed by atoms with E-state index in [4.69, 9.17) is 0 Å². The monoisotopic (exact) mass is 474 g/mol. The molecule has 9 nitrogen and oxygen atoms in total. The van der Waals surface area contributed by atoms with Gasteiger partial charge in [0.15, 0.2) is 11.2 Å². The van der Waals surface area contributed by atoms with Crippen molar-refractivity contribution in [1.82, 2.24) is 24.4 Å². The molecule has 2 heterocycles. The van der Waals surface area contributed by atoms with Gasteiger partial charge in [-0.1, -0.05) is 61.9 Å². The molecule has 0 aliphatic heterocycles. The van der Waals surface area contributed by atoms with E-state index in [0.717, 1.165) is 18.4 Å². The van der Waals surface area contributed by atoms with Crippen LogP contribution in [0.15, 0.2) is 70.3 Å². The molecule has 0 saturated carbocycles. The van der Waals surface area contributed by atoms with Crippen LogP contribution in [0.3, 0.4) is 0 Å². The van der Waals surface area contributed by atoms with E-state index < -0.39 is 17.3 Å². The second-order valence-electron chi connectivity index (χ2n) is 8.29. The zero-order chi connectivity index (χ0) is 24.8. The zero-order valence-corrected chi connectivity index (χ0v) is 20.0. The van der Waals surface area contributed by atoms with Crippen molar-refractivity contribution in [1.29, 1.82) is 0 Å². The number of unbranched alkanes of at least 4 members (excludes halogenated alkanes) is 1. The maximum atomic E-state index is 13.2. The van der Waals surface area contributed by atoms with Gasteiger partial charge in [-0.05, 0) is 31.0 Å². The minimum atomic E-state index is -0.651. The second kappa shape index (κ2) is 11.0. The average Bonchev–Trinajstić information content (AvgIpc) is 3.24. The van der Waals surface area contributed by atoms with Crippen LogP contribution in [0.5, 0.6) is 0 Å². The van der Waals surface area contributed by atoms with Gasteiger partial charge in [-0.3, -0.25) is 24.5 Å². The van der Waals surface area contributed by atoms with Crippen LogP contribution in [0.25, 0.3) is 11.2 Å². The Morgan fingerprint density at radius 2 is 1.69 bits per heavy atom. The molecule has 4 rings (SSSR count). The van der Waals surface area contributed by atoms with E-state index in [1.807, 2.05) is 74.5 Å². The number of aromatic nitrogens is 4. The highest BCUT2D eigenvalue weighted by Crippen LogP contribution is 2.18. The molecule has 0 aliphatic rings. The van der Waals surface area contributed by atoms with Crippen LogP contribution < -0.4 is 21.9 Å². The molecule has 0 saturated heterocycles. The summed E-state index contributed by atoms with van der Waals surface area (Å²) in [4.78, 5) is 45.5. The molecule has 0 radical (unpaired) electrons. The number of aromatic amines is 1. The van der Waals surface area contributed by atoms with E-state index in [1.165, 1.54) is 4.57 Å². The Morgan fingerprint density at radius 1 is 1.00 bits per heavy atom. The first kappa shape index (κ1) is 24.2. The number of hydrogen-bond donors (Lipinski definition) is 3. The number of nitrogens with zero attached hydrogens (tertiary/aromatic N) is 3. The summed E-state index contributed by atoms with van der Waals surface area (Å²) in [7, 11) is 0. The number of nitrogens with one attached hydrogen (secondary N) is 3. The van der Waals surface area contributed by atoms with Gasteiger partial charge in [0.25, 0.3) is 5.56 Å². The molecule has 2 aromatic heterocycles. The first-order chi connectivity index (χ1) is 17.0. The second-order valence-corrected chi connectivity index (χ2v) is 8.29. The summed E-state index contributed by atoms with van der Waals surface area (Å²) in [6, 6.07) is 18.1. The van der Waals surface area contributed by atoms with E-state index >= 15 is 0 Å². The summed E-state index contributed by atoms with van der Waals surface area (Å²) in [5, 5.41) is 6.26. The number of anilines is 1. The molecule has 9 heteroatoms. The number of fused-ring (bicyclic) bond motifs is 1. The number of carbonyl (C=O) groups is 1. The molecular weight excluding hydrogens is 444 g/mol. The quantitative estimate of drug-likeness (QED) is 0.327. The summed E-state index contributed by atoms with van der Waals surface area (Å²) in [6.07, 6.45) is 1.70. The van der Waals surface area contributed by atoms with E-state index in [1.54, 1.807) is 4.57 Å². The Bertz CT molecular complexity index is 1410. The van der Waals surface area contributed by atoms with E-state index in [-0.39, 0.29) is 12.5 Å². The zero-order valence-electron chi connectivity index (χ0n) is 20.0. The highest BCUT2D eigenvalue weighted by atomic mass is 16.2. The number of benzene rings is 2. The molecule has 0 aliphatic carbocycles. The molecule has 0 spiro atoms. The lowest BCUT2D eigenvalue weighted by Gasteiger charge is -2.19. The molecule has 0 bridgehead atoms. The van der Waals surface area contributed by atoms with Crippen molar-refractivity contribution in [3.63, 3.8) is 0 Å². The van der Waals surface area contributed by atoms with Gasteiger partial charge in [-0.25, -0.2) is 9.78 Å². The van der Waals surface area contributed by atoms with Gasteiger partial charge < -0.3 is 9.88 Å². The van der Waals surface area contributed by atoms with Gasteiger partial charge in [0.1, 0.15) is 11.9 Å². The molecule has 2 aromatic carbocycles. The molecule has 4 aromatic rings. The predicted molar refractivity (Wildman–Crippen MR) is 136 cm³/mol. The first-order valence-corrected chi connectivity index (χ1v) is 11.9. The van der Waals surface area contributed by atoms with Crippen LogP contribution in [0.2, 0.25) is 0 Å². The van der Waals surface area contributed by atoms with Crippen molar-refractivity contribution in [2.24, 2.45) is 0 Å². The molecule has 35 heavy (non-hydrogen) atoms. The van der Waals surface area contributed by atoms with Gasteiger partial charge in [0.05, 0.1) is 6.54 Å². The van der Waals surface area contributed by atoms with Gasteiger partial charge in [0, 0.05) is 18.8 Å². The maximum Gasteiger partial charge on any atom is 0.330 e. The van der Waals surface area contributed by atoms with Gasteiger partial charge >= 0.3 is 5.69 Å². The Hall–Kier alpha value is -3.98. The van der Waals surface area contributed by atoms with Crippen LogP contribution in [-0.2, 0) is 24.4 Å². The van der Waals surface area contributed by atoms with Crippen molar-refractivity contribution in [2.75, 3.05) is 5.32 Å². The van der Waals surface area contributed by atoms with Crippen LogP contribution in [0.4, 0.5) is 5.69 Å². The third kappa shape index (κ3) is 5.25. The van der Waals surface area contributed by atoms with Crippen molar-refractivity contribution in [3.05, 3.63) is 92.9 Å². The summed E-state index contributed by atoms with van der Waals surface area (Å²) in [5.41, 5.74) is 1.33. The largest absolute Gasteiger partial charge is 0.330 e. The number of imidazole rings is 1. The number of aryl methyl sites for hydroxylation is 2. The molecule has 0 fully saturated rings. The normalized spacial score (nSPS) is 12.1. The lowest BCUT2D eigenvalue weighted by molar-refractivity contribution is -0.118. The summed E-state index contributed by atoms with van der Waals surface area (Å²) < 4.78 is 3.31. The molecule has 3 N–H and O–H groups in total. The predicted octanol–water partition coefficient (Wildman–Crippen LogP) is 3.18. The van der Waals surface area contributed by atoms with Crippen LogP contribution >= 0.6 is 0 Å². The van der Waals surface area contributed by atoms with E-state index in [9.17, 15) is 14.4 Å². The van der Waals surface area contributed by atoms with Crippen LogP contribution in [0, 0.1) is 0 Å². The van der Waals surface area contributed by atoms with Crippen LogP contribution in [0.1, 0.15) is 44.1 Å². The summed E-state index contributed by atoms with van der Waals surface area (Å²) in [5.74, 6) is 0.372. The smallest absolute Gasteiger partial charge is 0.324 e. The Labute approximate surface area is 202 Å². The minimum absolute atomic E-state index is 0.209. The molecule has 1 amide bonds. The molecule has 1 unspecified atom stereocenters. The lowest BCUT2D eigenvalue weighted by Crippen LogP contribution is -2.33. The summed E-state index contributed by atoms with van der Waals surface area (Å²) >= 11 is 0. The number of hydrogen-bond acceptors (Lipinski definition) is 5. The number of rotatable bonds is 10. The van der Waals surface area contributed by atoms with Crippen molar-refractivity contribution in [3.8, 4) is 0 Å². The van der Waals surface area contributed by atoms with Crippen molar-refractivity contribution < 1.29 is 4.79 Å². The SMILES string of the molecule is CCCCn1c(=O)[nH]c(=O)c2c1nc(CNC(C(=O)Nc1ccccc1)c1ccccc1)n2CC. The highest BCUT2D eigenvalue weighted by molar-refractivity contribution is 5.95. The van der Waals surface area contributed by atoms with E-state index in [2.05, 4.69) is 20.6 Å². The number of para-hydroxylation sites is 1. The Balaban J connectivity index is 1.68. The fourth-order valence-corrected chi connectivity index (χ4v) is 4.15. The molecule has 1 atom stereocenters. The average molecular weight is 475 g/mol.